The van der Waals surface area contributed by atoms with E-state index in [0.29, 0.717) is 0 Å². The van der Waals surface area contributed by atoms with Crippen molar-refractivity contribution in [3.05, 3.63) is 35.8 Å². The van der Waals surface area contributed by atoms with E-state index in [1.165, 1.54) is 0 Å². The van der Waals surface area contributed by atoms with Gasteiger partial charge in [-0.25, -0.2) is 0 Å². The smallest absolute Gasteiger partial charge is 0.0592 e. The van der Waals surface area contributed by atoms with Gasteiger partial charge in [0.25, 0.3) is 0 Å². The summed E-state index contributed by atoms with van der Waals surface area (Å²) in [7, 11) is 0. The van der Waals surface area contributed by atoms with Crippen LogP contribution in [0.5, 0.6) is 0 Å². The number of aliphatic imine (C=N–C) groups is 1. The highest BCUT2D eigenvalue weighted by atomic mass is 32.2. The van der Waals surface area contributed by atoms with Gasteiger partial charge in [-0.3, -0.25) is 4.99 Å². The molecule has 0 aliphatic carbocycles. The molecule has 0 aromatic carbocycles. The molecule has 2 heteroatoms. The summed E-state index contributed by atoms with van der Waals surface area (Å²) < 4.78 is 0. The van der Waals surface area contributed by atoms with Crippen molar-refractivity contribution in [3.8, 4) is 0 Å². The molecule has 1 aliphatic heterocycles. The predicted molar refractivity (Wildman–Crippen MR) is 48.4 cm³/mol. The summed E-state index contributed by atoms with van der Waals surface area (Å²) >= 11 is 1.55. The Kier molecular flexibility index (Phi) is 3.03. The fourth-order valence-electron chi connectivity index (χ4n) is 0.550. The molecule has 0 atom stereocenters. The van der Waals surface area contributed by atoms with E-state index in [1.807, 2.05) is 29.9 Å². The number of hydrogen-bond donors (Lipinski definition) is 0. The first-order valence-corrected chi connectivity index (χ1v) is 3.94. The first-order valence-electron chi connectivity index (χ1n) is 3.06. The van der Waals surface area contributed by atoms with E-state index >= 15 is 0 Å². The average molecular weight is 151 g/mol. The topological polar surface area (TPSA) is 12.4 Å². The highest BCUT2D eigenvalue weighted by Crippen LogP contribution is 2.11. The largest absolute Gasteiger partial charge is 0.282 e. The molecule has 10 heavy (non-hydrogen) atoms. The first-order chi connectivity index (χ1) is 4.89. The van der Waals surface area contributed by atoms with Crippen LogP contribution >= 0.6 is 11.8 Å². The van der Waals surface area contributed by atoms with Crippen molar-refractivity contribution < 1.29 is 0 Å². The second-order valence-corrected chi connectivity index (χ2v) is 2.81. The molecule has 52 valence electrons. The van der Waals surface area contributed by atoms with Gasteiger partial charge in [-0.05, 0) is 6.08 Å². The lowest BCUT2D eigenvalue weighted by molar-refractivity contribution is 1.27. The number of hydrogen-bond acceptors (Lipinski definition) is 2. The fraction of sp³-hybridized carbons (Fsp3) is 0.125. The highest BCUT2D eigenvalue weighted by Gasteiger charge is 1.84. The molecule has 0 aromatic heterocycles. The van der Waals surface area contributed by atoms with Gasteiger partial charge in [-0.1, -0.05) is 36.6 Å². The summed E-state index contributed by atoms with van der Waals surface area (Å²) in [6.45, 7) is 4.58. The molecule has 0 saturated carbocycles. The van der Waals surface area contributed by atoms with E-state index in [-0.39, 0.29) is 0 Å². The van der Waals surface area contributed by atoms with Gasteiger partial charge in [-0.15, -0.1) is 0 Å². The Bertz CT molecular complexity index is 201. The highest BCUT2D eigenvalue weighted by molar-refractivity contribution is 8.15. The normalized spacial score (nSPS) is 27.8. The van der Waals surface area contributed by atoms with Gasteiger partial charge in [-0.2, -0.15) is 0 Å². The Morgan fingerprint density at radius 1 is 1.50 bits per heavy atom. The van der Waals surface area contributed by atoms with Crippen molar-refractivity contribution in [2.75, 3.05) is 6.54 Å². The summed E-state index contributed by atoms with van der Waals surface area (Å²) in [4.78, 5) is 5.12. The molecule has 1 nitrogen and oxygen atoms in total. The van der Waals surface area contributed by atoms with Crippen LogP contribution in [0, 0.1) is 0 Å². The van der Waals surface area contributed by atoms with Crippen molar-refractivity contribution in [1.82, 2.24) is 0 Å². The number of nitrogens with zero attached hydrogens (tertiary/aromatic N) is 1. The van der Waals surface area contributed by atoms with Crippen LogP contribution in [-0.4, -0.2) is 12.1 Å². The fourth-order valence-corrected chi connectivity index (χ4v) is 1.00. The van der Waals surface area contributed by atoms with Gasteiger partial charge >= 0.3 is 0 Å². The van der Waals surface area contributed by atoms with Gasteiger partial charge < -0.3 is 0 Å². The maximum atomic E-state index is 4.09. The van der Waals surface area contributed by atoms with E-state index in [9.17, 15) is 0 Å². The first kappa shape index (κ1) is 7.35. The Morgan fingerprint density at radius 2 is 2.40 bits per heavy atom. The van der Waals surface area contributed by atoms with Gasteiger partial charge in [0.15, 0.2) is 0 Å². The zero-order chi connectivity index (χ0) is 7.23. The minimum absolute atomic E-state index is 0.768. The zero-order valence-corrected chi connectivity index (χ0v) is 6.47. The van der Waals surface area contributed by atoms with E-state index in [4.69, 9.17) is 0 Å². The van der Waals surface area contributed by atoms with Crippen molar-refractivity contribution in [1.29, 1.82) is 0 Å². The summed E-state index contributed by atoms with van der Waals surface area (Å²) in [5, 5.41) is 0. The van der Waals surface area contributed by atoms with Crippen LogP contribution in [0.25, 0.3) is 0 Å². The van der Waals surface area contributed by atoms with E-state index < -0.39 is 0 Å². The number of thioether (sulfide) groups is 1. The molecule has 0 spiro atoms. The summed E-state index contributed by atoms with van der Waals surface area (Å²) in [6.07, 6.45) is 7.93. The molecule has 0 bridgehead atoms. The molecule has 0 radical (unpaired) electrons. The molecular formula is C8H9NS. The molecule has 0 fully saturated rings. The van der Waals surface area contributed by atoms with Crippen LogP contribution < -0.4 is 0 Å². The SMILES string of the molecule is C=C1/C=C\C=C/C/N=C\S1. The van der Waals surface area contributed by atoms with Crippen LogP contribution in [0.2, 0.25) is 0 Å². The molecule has 0 unspecified atom stereocenters. The van der Waals surface area contributed by atoms with Crippen LogP contribution in [-0.2, 0) is 0 Å². The monoisotopic (exact) mass is 151 g/mol. The standard InChI is InChI=1S/C8H9NS/c1-8-5-3-2-4-6-9-7-10-8/h2-5,7H,1,6H2/b4-2-,5-3-,9-7-. The Morgan fingerprint density at radius 3 is 3.30 bits per heavy atom. The number of allylic oxidation sites excluding steroid dienone is 3. The van der Waals surface area contributed by atoms with Gasteiger partial charge in [0.05, 0.1) is 12.1 Å². The van der Waals surface area contributed by atoms with Crippen molar-refractivity contribution in [2.45, 2.75) is 0 Å². The molecular weight excluding hydrogens is 142 g/mol. The van der Waals surface area contributed by atoms with Crippen LogP contribution in [0.1, 0.15) is 0 Å². The van der Waals surface area contributed by atoms with Gasteiger partial charge in [0.1, 0.15) is 0 Å². The zero-order valence-electron chi connectivity index (χ0n) is 5.66. The maximum absolute atomic E-state index is 4.09. The average Bonchev–Trinajstić information content (AvgIpc) is 2.02. The van der Waals surface area contributed by atoms with Crippen LogP contribution in [0.15, 0.2) is 40.8 Å². The molecule has 1 heterocycles. The lowest BCUT2D eigenvalue weighted by Crippen LogP contribution is -1.70. The number of rotatable bonds is 0. The molecule has 0 saturated heterocycles. The summed E-state index contributed by atoms with van der Waals surface area (Å²) in [6, 6.07) is 0. The summed E-state index contributed by atoms with van der Waals surface area (Å²) in [5.74, 6) is 0. The van der Waals surface area contributed by atoms with E-state index in [1.54, 1.807) is 11.8 Å². The summed E-state index contributed by atoms with van der Waals surface area (Å²) in [5.41, 5.74) is 1.82. The molecule has 0 amide bonds. The van der Waals surface area contributed by atoms with Gasteiger partial charge in [0.2, 0.25) is 0 Å². The lowest BCUT2D eigenvalue weighted by atomic mass is 10.4. The second kappa shape index (κ2) is 4.12. The predicted octanol–water partition coefficient (Wildman–Crippen LogP) is 2.39. The third-order valence-electron chi connectivity index (χ3n) is 1.02. The third kappa shape index (κ3) is 2.69. The van der Waals surface area contributed by atoms with Crippen molar-refractivity contribution in [2.24, 2.45) is 4.99 Å². The molecule has 1 aliphatic rings. The van der Waals surface area contributed by atoms with Crippen molar-refractivity contribution >= 4 is 17.3 Å². The van der Waals surface area contributed by atoms with E-state index in [2.05, 4.69) is 11.6 Å². The Hall–Kier alpha value is -0.760. The lowest BCUT2D eigenvalue weighted by Gasteiger charge is -1.87. The molecule has 1 rings (SSSR count). The van der Waals surface area contributed by atoms with Crippen LogP contribution in [0.3, 0.4) is 0 Å². The quantitative estimate of drug-likeness (QED) is 0.518. The maximum Gasteiger partial charge on any atom is 0.0592 e. The second-order valence-electron chi connectivity index (χ2n) is 1.84. The Balaban J connectivity index is 2.62. The van der Waals surface area contributed by atoms with Crippen molar-refractivity contribution in [3.63, 3.8) is 0 Å². The minimum atomic E-state index is 0.768. The molecule has 0 N–H and O–H groups in total. The van der Waals surface area contributed by atoms with E-state index in [0.717, 1.165) is 11.4 Å². The van der Waals surface area contributed by atoms with Gasteiger partial charge in [0, 0.05) is 4.91 Å². The molecule has 0 aromatic rings. The Labute approximate surface area is 65.2 Å². The van der Waals surface area contributed by atoms with Crippen LogP contribution in [0.4, 0.5) is 0 Å². The third-order valence-corrected chi connectivity index (χ3v) is 1.71. The minimum Gasteiger partial charge on any atom is -0.282 e.